The molecular formula is C46H54N2P+. The van der Waals surface area contributed by atoms with Crippen molar-refractivity contribution in [2.75, 3.05) is 0 Å². The SMILES string of the molecule is CCCCCCCC=Pc1ccc2c(c1)c1cc(-c3ccccc3)ccc1n2-c1ccc(-c2ccc(C)c[n+]2CCC)c(CCCCC)c1. The first-order valence-corrected chi connectivity index (χ1v) is 19.9. The molecule has 0 bridgehead atoms. The highest BCUT2D eigenvalue weighted by Gasteiger charge is 2.19. The lowest BCUT2D eigenvalue weighted by molar-refractivity contribution is -0.686. The number of unbranched alkanes of at least 4 members (excludes halogenated alkanes) is 7. The summed E-state index contributed by atoms with van der Waals surface area (Å²) in [5.74, 6) is 2.47. The molecule has 3 heteroatoms. The van der Waals surface area contributed by atoms with E-state index < -0.39 is 0 Å². The summed E-state index contributed by atoms with van der Waals surface area (Å²) in [5.41, 5.74) is 11.8. The van der Waals surface area contributed by atoms with Crippen LogP contribution in [-0.4, -0.2) is 10.4 Å². The third-order valence-corrected chi connectivity index (χ3v) is 10.9. The number of rotatable bonds is 16. The van der Waals surface area contributed by atoms with Gasteiger partial charge < -0.3 is 4.57 Å². The number of pyridine rings is 1. The molecule has 0 atom stereocenters. The minimum Gasteiger partial charge on any atom is -0.309 e. The minimum atomic E-state index is 1.03. The first-order valence-electron chi connectivity index (χ1n) is 18.9. The van der Waals surface area contributed by atoms with E-state index in [1.54, 1.807) is 0 Å². The van der Waals surface area contributed by atoms with Gasteiger partial charge in [0.15, 0.2) is 6.20 Å². The van der Waals surface area contributed by atoms with Crippen LogP contribution in [0.1, 0.15) is 96.1 Å². The Bertz CT molecular complexity index is 2020. The Balaban J connectivity index is 1.47. The number of aryl methyl sites for hydroxylation is 3. The van der Waals surface area contributed by atoms with E-state index in [0.29, 0.717) is 0 Å². The van der Waals surface area contributed by atoms with Gasteiger partial charge in [-0.2, -0.15) is 4.57 Å². The lowest BCUT2D eigenvalue weighted by atomic mass is 9.97. The quantitative estimate of drug-likeness (QED) is 0.0553. The van der Waals surface area contributed by atoms with Gasteiger partial charge >= 0.3 is 0 Å². The van der Waals surface area contributed by atoms with E-state index >= 15 is 0 Å². The van der Waals surface area contributed by atoms with Crippen molar-refractivity contribution >= 4 is 41.1 Å². The van der Waals surface area contributed by atoms with Crippen molar-refractivity contribution in [3.63, 3.8) is 0 Å². The fourth-order valence-corrected chi connectivity index (χ4v) is 8.15. The van der Waals surface area contributed by atoms with Crippen molar-refractivity contribution in [1.29, 1.82) is 0 Å². The first-order chi connectivity index (χ1) is 24.1. The molecule has 6 rings (SSSR count). The molecular weight excluding hydrogens is 611 g/mol. The number of fused-ring (bicyclic) bond motifs is 3. The van der Waals surface area contributed by atoms with Crippen LogP contribution in [0.25, 0.3) is 49.9 Å². The van der Waals surface area contributed by atoms with Crippen LogP contribution in [-0.2, 0) is 13.0 Å². The summed E-state index contributed by atoms with van der Waals surface area (Å²) >= 11 is 0. The van der Waals surface area contributed by atoms with Crippen molar-refractivity contribution in [3.05, 3.63) is 114 Å². The monoisotopic (exact) mass is 665 g/mol. The highest BCUT2D eigenvalue weighted by atomic mass is 31.1. The molecule has 0 aliphatic carbocycles. The molecule has 252 valence electrons. The predicted molar refractivity (Wildman–Crippen MR) is 216 cm³/mol. The Morgan fingerprint density at radius 1 is 0.653 bits per heavy atom. The van der Waals surface area contributed by atoms with E-state index in [2.05, 4.69) is 146 Å². The minimum absolute atomic E-state index is 1.03. The second-order valence-electron chi connectivity index (χ2n) is 13.7. The third kappa shape index (κ3) is 8.25. The Labute approximate surface area is 296 Å². The van der Waals surface area contributed by atoms with Crippen LogP contribution < -0.4 is 9.87 Å². The van der Waals surface area contributed by atoms with Crippen LogP contribution in [0.3, 0.4) is 0 Å². The van der Waals surface area contributed by atoms with E-state index in [1.807, 2.05) is 0 Å². The second-order valence-corrected chi connectivity index (χ2v) is 14.9. The highest BCUT2D eigenvalue weighted by molar-refractivity contribution is 7.47. The molecule has 0 saturated carbocycles. The summed E-state index contributed by atoms with van der Waals surface area (Å²) in [7, 11) is 1.32. The molecule has 0 fully saturated rings. The molecule has 0 amide bonds. The van der Waals surface area contributed by atoms with Gasteiger partial charge in [-0.1, -0.05) is 110 Å². The molecule has 0 spiro atoms. The summed E-state index contributed by atoms with van der Waals surface area (Å²) in [6, 6.07) is 36.9. The standard InChI is InChI=1S/C46H54N2P/c1-5-8-10-11-12-17-30-49-40-24-28-46-43(33-40)42-32-37(36-18-15-13-16-19-36)22-27-45(42)48(46)39-23-25-41(38(31-39)20-14-9-6-2)44-26-21-35(4)34-47(44)29-7-3/h13,15-16,18-19,21-28,30-34H,5-12,14,17,20,29H2,1-4H3/q+1. The Morgan fingerprint density at radius 3 is 2.20 bits per heavy atom. The zero-order valence-electron chi connectivity index (χ0n) is 30.2. The maximum Gasteiger partial charge on any atom is 0.212 e. The molecule has 0 saturated heterocycles. The molecule has 4 aromatic carbocycles. The molecule has 6 aromatic rings. The summed E-state index contributed by atoms with van der Waals surface area (Å²) in [5, 5.41) is 4.04. The van der Waals surface area contributed by atoms with E-state index in [0.717, 1.165) is 19.4 Å². The summed E-state index contributed by atoms with van der Waals surface area (Å²) in [4.78, 5) is 0. The number of nitrogens with zero attached hydrogens (tertiary/aromatic N) is 2. The van der Waals surface area contributed by atoms with Gasteiger partial charge in [-0.05, 0) is 104 Å². The molecule has 49 heavy (non-hydrogen) atoms. The Hall–Kier alpha value is -4.00. The third-order valence-electron chi connectivity index (χ3n) is 9.84. The molecule has 0 N–H and O–H groups in total. The average Bonchev–Trinajstić information content (AvgIpc) is 3.45. The fourth-order valence-electron chi connectivity index (χ4n) is 7.27. The lowest BCUT2D eigenvalue weighted by Crippen LogP contribution is -2.36. The number of hydrogen-bond donors (Lipinski definition) is 0. The van der Waals surface area contributed by atoms with Gasteiger partial charge in [0, 0.05) is 45.4 Å². The smallest absolute Gasteiger partial charge is 0.212 e. The van der Waals surface area contributed by atoms with Gasteiger partial charge in [-0.3, -0.25) is 0 Å². The topological polar surface area (TPSA) is 8.81 Å². The van der Waals surface area contributed by atoms with Crippen LogP contribution in [0.4, 0.5) is 0 Å². The van der Waals surface area contributed by atoms with Crippen molar-refractivity contribution in [3.8, 4) is 28.1 Å². The van der Waals surface area contributed by atoms with Crippen LogP contribution in [0, 0.1) is 6.92 Å². The number of benzene rings is 4. The average molecular weight is 666 g/mol. The second kappa shape index (κ2) is 17.1. The van der Waals surface area contributed by atoms with Crippen molar-refractivity contribution < 1.29 is 4.57 Å². The molecule has 0 aliphatic rings. The molecule has 0 radical (unpaired) electrons. The first kappa shape index (κ1) is 34.8. The maximum atomic E-state index is 2.51. The van der Waals surface area contributed by atoms with Crippen LogP contribution in [0.2, 0.25) is 0 Å². The van der Waals surface area contributed by atoms with Crippen LogP contribution in [0.15, 0.2) is 103 Å². The van der Waals surface area contributed by atoms with Crippen molar-refractivity contribution in [2.24, 2.45) is 0 Å². The molecule has 2 heterocycles. The van der Waals surface area contributed by atoms with E-state index in [-0.39, 0.29) is 0 Å². The Kier molecular flexibility index (Phi) is 12.2. The fraction of sp³-hybridized carbons (Fsp3) is 0.348. The molecule has 0 unspecified atom stereocenters. The number of hydrogen-bond acceptors (Lipinski definition) is 0. The van der Waals surface area contributed by atoms with Gasteiger partial charge in [0.2, 0.25) is 5.69 Å². The van der Waals surface area contributed by atoms with E-state index in [9.17, 15) is 0 Å². The van der Waals surface area contributed by atoms with E-state index in [4.69, 9.17) is 0 Å². The molecule has 2 nitrogen and oxygen atoms in total. The highest BCUT2D eigenvalue weighted by Crippen LogP contribution is 2.36. The normalized spacial score (nSPS) is 11.8. The zero-order chi connectivity index (χ0) is 34.0. The van der Waals surface area contributed by atoms with Crippen molar-refractivity contribution in [2.45, 2.75) is 105 Å². The summed E-state index contributed by atoms with van der Waals surface area (Å²) in [6.45, 7) is 10.1. The summed E-state index contributed by atoms with van der Waals surface area (Å²) < 4.78 is 4.97. The van der Waals surface area contributed by atoms with Crippen LogP contribution >= 0.6 is 8.20 Å². The Morgan fingerprint density at radius 2 is 1.41 bits per heavy atom. The van der Waals surface area contributed by atoms with Gasteiger partial charge in [0.1, 0.15) is 6.54 Å². The van der Waals surface area contributed by atoms with Crippen LogP contribution in [0.5, 0.6) is 0 Å². The van der Waals surface area contributed by atoms with E-state index in [1.165, 1.54) is 132 Å². The lowest BCUT2D eigenvalue weighted by Gasteiger charge is -2.15. The molecule has 2 aromatic heterocycles. The number of aromatic nitrogens is 2. The van der Waals surface area contributed by atoms with Gasteiger partial charge in [0.25, 0.3) is 0 Å². The zero-order valence-corrected chi connectivity index (χ0v) is 31.1. The van der Waals surface area contributed by atoms with Gasteiger partial charge in [0.05, 0.1) is 11.0 Å². The maximum absolute atomic E-state index is 2.51. The van der Waals surface area contributed by atoms with Crippen molar-refractivity contribution in [1.82, 2.24) is 4.57 Å². The van der Waals surface area contributed by atoms with Gasteiger partial charge in [-0.25, -0.2) is 0 Å². The summed E-state index contributed by atoms with van der Waals surface area (Å²) in [6.07, 6.45) is 16.1. The largest absolute Gasteiger partial charge is 0.309 e. The molecule has 0 aliphatic heterocycles. The predicted octanol–water partition coefficient (Wildman–Crippen LogP) is 12.6. The van der Waals surface area contributed by atoms with Gasteiger partial charge in [-0.15, -0.1) is 0 Å².